The molecule has 3 N–H and O–H groups in total. The topological polar surface area (TPSA) is 111 Å². The predicted octanol–water partition coefficient (Wildman–Crippen LogP) is 6.76. The highest BCUT2D eigenvalue weighted by Crippen LogP contribution is 2.44. The number of aliphatic hydroxyl groups is 1. The fourth-order valence-corrected chi connectivity index (χ4v) is 7.63. The molecule has 1 aromatic heterocycles. The number of benzene rings is 3. The number of nitrogens with one attached hydrogen (secondary N) is 1. The SMILES string of the molecule is Cc1c(-c2nc3cc(CN4CCC[C@H]4C(=O)O)c(OC(F)F)cc3o2)cccc1-c1cccc(N2CCC(NCC3(CO)CC3)CC2)c1C. The number of rotatable bonds is 12. The molecule has 260 valence electrons. The monoisotopic (exact) mass is 674 g/mol. The molecule has 1 atom stereocenters. The first-order valence-corrected chi connectivity index (χ1v) is 17.3. The second-order valence-electron chi connectivity index (χ2n) is 14.0. The van der Waals surface area contributed by atoms with Crippen molar-refractivity contribution in [3.05, 3.63) is 65.2 Å². The number of halogens is 2. The number of hydrogen-bond donors (Lipinski definition) is 3. The third kappa shape index (κ3) is 6.89. The zero-order chi connectivity index (χ0) is 34.3. The Morgan fingerprint density at radius 1 is 1.04 bits per heavy atom. The second-order valence-corrected chi connectivity index (χ2v) is 14.0. The molecule has 0 bridgehead atoms. The molecule has 49 heavy (non-hydrogen) atoms. The van der Waals surface area contributed by atoms with E-state index >= 15 is 0 Å². The molecule has 0 radical (unpaired) electrons. The van der Waals surface area contributed by atoms with Crippen molar-refractivity contribution in [2.45, 2.75) is 77.6 Å². The van der Waals surface area contributed by atoms with E-state index in [1.807, 2.05) is 19.1 Å². The lowest BCUT2D eigenvalue weighted by Gasteiger charge is -2.36. The summed E-state index contributed by atoms with van der Waals surface area (Å²) in [6.07, 6.45) is 5.57. The number of carboxylic acids is 1. The fourth-order valence-electron chi connectivity index (χ4n) is 7.63. The molecule has 9 nitrogen and oxygen atoms in total. The average Bonchev–Trinajstić information content (AvgIpc) is 3.51. The van der Waals surface area contributed by atoms with E-state index < -0.39 is 18.6 Å². The molecular weight excluding hydrogens is 630 g/mol. The number of alkyl halides is 2. The Morgan fingerprint density at radius 3 is 2.45 bits per heavy atom. The Bertz CT molecular complexity index is 1830. The summed E-state index contributed by atoms with van der Waals surface area (Å²) >= 11 is 0. The highest BCUT2D eigenvalue weighted by Gasteiger charge is 2.42. The van der Waals surface area contributed by atoms with Crippen LogP contribution in [0.4, 0.5) is 14.5 Å². The third-order valence-corrected chi connectivity index (χ3v) is 10.9. The van der Waals surface area contributed by atoms with Crippen LogP contribution in [0.5, 0.6) is 5.75 Å². The van der Waals surface area contributed by atoms with Crippen LogP contribution >= 0.6 is 0 Å². The van der Waals surface area contributed by atoms with Crippen LogP contribution in [0.2, 0.25) is 0 Å². The molecule has 3 aromatic carbocycles. The van der Waals surface area contributed by atoms with Crippen LogP contribution in [0.1, 0.15) is 55.2 Å². The first kappa shape index (κ1) is 33.4. The first-order valence-electron chi connectivity index (χ1n) is 17.3. The minimum Gasteiger partial charge on any atom is -0.480 e. The van der Waals surface area contributed by atoms with Gasteiger partial charge in [-0.15, -0.1) is 0 Å². The molecule has 7 rings (SSSR count). The van der Waals surface area contributed by atoms with E-state index in [9.17, 15) is 23.8 Å². The summed E-state index contributed by atoms with van der Waals surface area (Å²) < 4.78 is 37.9. The van der Waals surface area contributed by atoms with Gasteiger partial charge >= 0.3 is 12.6 Å². The fraction of sp³-hybridized carbons (Fsp3) is 0.474. The van der Waals surface area contributed by atoms with Gasteiger partial charge in [0.2, 0.25) is 5.89 Å². The van der Waals surface area contributed by atoms with Gasteiger partial charge in [0.1, 0.15) is 17.3 Å². The molecule has 1 saturated carbocycles. The van der Waals surface area contributed by atoms with Crippen molar-refractivity contribution in [1.82, 2.24) is 15.2 Å². The van der Waals surface area contributed by atoms with Crippen LogP contribution in [-0.4, -0.2) is 77.5 Å². The quantitative estimate of drug-likeness (QED) is 0.150. The summed E-state index contributed by atoms with van der Waals surface area (Å²) in [6.45, 7) is 4.97. The van der Waals surface area contributed by atoms with E-state index in [-0.39, 0.29) is 24.3 Å². The number of fused-ring (bicyclic) bond motifs is 1. The lowest BCUT2D eigenvalue weighted by molar-refractivity contribution is -0.142. The van der Waals surface area contributed by atoms with Gasteiger partial charge < -0.3 is 29.6 Å². The second kappa shape index (κ2) is 13.7. The zero-order valence-corrected chi connectivity index (χ0v) is 28.1. The van der Waals surface area contributed by atoms with Crippen LogP contribution in [-0.2, 0) is 11.3 Å². The summed E-state index contributed by atoms with van der Waals surface area (Å²) in [5, 5.41) is 23.0. The van der Waals surface area contributed by atoms with Crippen molar-refractivity contribution in [2.24, 2.45) is 5.41 Å². The summed E-state index contributed by atoms with van der Waals surface area (Å²) in [5.74, 6) is -0.597. The van der Waals surface area contributed by atoms with Crippen molar-refractivity contribution < 1.29 is 32.9 Å². The number of oxazole rings is 1. The molecule has 0 unspecified atom stereocenters. The van der Waals surface area contributed by atoms with Crippen molar-refractivity contribution in [3.63, 3.8) is 0 Å². The molecule has 3 aliphatic rings. The maximum Gasteiger partial charge on any atom is 0.387 e. The standard InChI is InChI=1S/C38H44F2N4O5/c1-23-27(28-7-4-9-31(24(28)2)43-16-11-26(12-17-43)41-21-38(22-45)13-14-38)6-3-8-29(23)35-42-30-18-25(20-44-15-5-10-32(44)36(46)47)33(49-37(39)40)19-34(30)48-35/h3-4,6-9,18-19,26,32,37,41,45H,5,10-17,20-22H2,1-2H3,(H,46,47)/t32-/m0/s1. The number of nitrogens with zero attached hydrogens (tertiary/aromatic N) is 3. The van der Waals surface area contributed by atoms with Gasteiger partial charge in [0, 0.05) is 67.1 Å². The van der Waals surface area contributed by atoms with Gasteiger partial charge in [-0.2, -0.15) is 8.78 Å². The number of ether oxygens (including phenoxy) is 1. The Balaban J connectivity index is 1.13. The molecule has 2 saturated heterocycles. The summed E-state index contributed by atoms with van der Waals surface area (Å²) in [6, 6.07) is 15.3. The van der Waals surface area contributed by atoms with Crippen LogP contribution in [0.25, 0.3) is 33.7 Å². The van der Waals surface area contributed by atoms with Gasteiger partial charge in [-0.1, -0.05) is 24.3 Å². The lowest BCUT2D eigenvalue weighted by atomic mass is 9.92. The van der Waals surface area contributed by atoms with Crippen LogP contribution in [0.3, 0.4) is 0 Å². The van der Waals surface area contributed by atoms with Crippen molar-refractivity contribution in [2.75, 3.05) is 37.7 Å². The molecule has 3 fully saturated rings. The third-order valence-electron chi connectivity index (χ3n) is 10.9. The van der Waals surface area contributed by atoms with Crippen LogP contribution in [0, 0.1) is 19.3 Å². The summed E-state index contributed by atoms with van der Waals surface area (Å²) in [4.78, 5) is 20.8. The summed E-state index contributed by atoms with van der Waals surface area (Å²) in [5.41, 5.74) is 7.74. The number of aromatic nitrogens is 1. The summed E-state index contributed by atoms with van der Waals surface area (Å²) in [7, 11) is 0. The largest absolute Gasteiger partial charge is 0.480 e. The normalized spacial score (nSPS) is 19.6. The Morgan fingerprint density at radius 2 is 1.76 bits per heavy atom. The number of aliphatic hydroxyl groups excluding tert-OH is 1. The van der Waals surface area contributed by atoms with E-state index in [2.05, 4.69) is 41.4 Å². The van der Waals surface area contributed by atoms with Crippen LogP contribution < -0.4 is 15.0 Å². The van der Waals surface area contributed by atoms with Crippen molar-refractivity contribution in [3.8, 4) is 28.3 Å². The van der Waals surface area contributed by atoms with Gasteiger partial charge in [0.25, 0.3) is 0 Å². The maximum absolute atomic E-state index is 13.4. The van der Waals surface area contributed by atoms with Crippen molar-refractivity contribution >= 4 is 22.8 Å². The Labute approximate surface area is 284 Å². The van der Waals surface area contributed by atoms with E-state index in [1.54, 1.807) is 11.0 Å². The molecule has 1 aliphatic carbocycles. The Kier molecular flexibility index (Phi) is 9.34. The number of carbonyl (C=O) groups is 1. The maximum atomic E-state index is 13.4. The number of hydrogen-bond acceptors (Lipinski definition) is 8. The van der Waals surface area contributed by atoms with E-state index in [0.29, 0.717) is 41.6 Å². The molecule has 2 aliphatic heterocycles. The molecule has 3 heterocycles. The van der Waals surface area contributed by atoms with Gasteiger partial charge in [-0.25, -0.2) is 4.98 Å². The number of aliphatic carboxylic acids is 1. The molecule has 4 aromatic rings. The number of likely N-dealkylation sites (tertiary alicyclic amines) is 1. The van der Waals surface area contributed by atoms with E-state index in [4.69, 9.17) is 14.1 Å². The molecular formula is C38H44F2N4O5. The number of anilines is 1. The highest BCUT2D eigenvalue weighted by molar-refractivity contribution is 5.84. The molecule has 0 spiro atoms. The van der Waals surface area contributed by atoms with Crippen molar-refractivity contribution in [1.29, 1.82) is 0 Å². The average molecular weight is 675 g/mol. The molecule has 0 amide bonds. The smallest absolute Gasteiger partial charge is 0.387 e. The Hall–Kier alpha value is -4.06. The highest BCUT2D eigenvalue weighted by atomic mass is 19.3. The number of piperidine rings is 1. The zero-order valence-electron chi connectivity index (χ0n) is 28.1. The van der Waals surface area contributed by atoms with Gasteiger partial charge in [-0.3, -0.25) is 9.69 Å². The van der Waals surface area contributed by atoms with E-state index in [0.717, 1.165) is 74.0 Å². The van der Waals surface area contributed by atoms with Gasteiger partial charge in [0.05, 0.1) is 0 Å². The predicted molar refractivity (Wildman–Crippen MR) is 184 cm³/mol. The lowest BCUT2D eigenvalue weighted by Crippen LogP contribution is -2.44. The minimum atomic E-state index is -3.04. The number of carboxylic acid groups (broad SMARTS) is 1. The minimum absolute atomic E-state index is 0.0454. The van der Waals surface area contributed by atoms with Gasteiger partial charge in [-0.05, 0) is 99.4 Å². The first-order chi connectivity index (χ1) is 23.6. The van der Waals surface area contributed by atoms with Crippen LogP contribution in [0.15, 0.2) is 52.9 Å². The van der Waals surface area contributed by atoms with E-state index in [1.165, 1.54) is 17.3 Å². The molecule has 11 heteroatoms. The van der Waals surface area contributed by atoms with Gasteiger partial charge in [0.15, 0.2) is 5.58 Å².